The van der Waals surface area contributed by atoms with Crippen LogP contribution >= 0.6 is 23.2 Å². The molecule has 0 saturated heterocycles. The molecule has 37 heavy (non-hydrogen) atoms. The van der Waals surface area contributed by atoms with Crippen LogP contribution in [-0.2, 0) is 26.2 Å². The van der Waals surface area contributed by atoms with Crippen molar-refractivity contribution in [3.8, 4) is 5.75 Å². The summed E-state index contributed by atoms with van der Waals surface area (Å²) in [4.78, 5) is 27.7. The van der Waals surface area contributed by atoms with E-state index in [9.17, 15) is 18.0 Å². The third-order valence-electron chi connectivity index (χ3n) is 5.99. The smallest absolute Gasteiger partial charge is 0.242 e. The highest BCUT2D eigenvalue weighted by Crippen LogP contribution is 2.30. The largest absolute Gasteiger partial charge is 0.495 e. The molecule has 0 aromatic heterocycles. The summed E-state index contributed by atoms with van der Waals surface area (Å²) >= 11 is 12.3. The molecular formula is C26H35Cl2N3O5S. The Kier molecular flexibility index (Phi) is 11.5. The molecule has 0 aliphatic carbocycles. The molecule has 0 unspecified atom stereocenters. The van der Waals surface area contributed by atoms with Gasteiger partial charge < -0.3 is 15.0 Å². The molecule has 8 nitrogen and oxygen atoms in total. The van der Waals surface area contributed by atoms with Gasteiger partial charge in [-0.2, -0.15) is 0 Å². The Morgan fingerprint density at radius 3 is 2.38 bits per heavy atom. The van der Waals surface area contributed by atoms with Crippen LogP contribution in [0.15, 0.2) is 42.5 Å². The van der Waals surface area contributed by atoms with Gasteiger partial charge in [-0.15, -0.1) is 0 Å². The number of ether oxygens (including phenoxy) is 1. The lowest BCUT2D eigenvalue weighted by Crippen LogP contribution is -2.49. The first kappa shape index (κ1) is 30.7. The lowest BCUT2D eigenvalue weighted by molar-refractivity contribution is -0.140. The van der Waals surface area contributed by atoms with Gasteiger partial charge in [0.2, 0.25) is 21.8 Å². The number of carbonyl (C=O) groups excluding carboxylic acids is 2. The predicted molar refractivity (Wildman–Crippen MR) is 149 cm³/mol. The average Bonchev–Trinajstić information content (AvgIpc) is 2.83. The van der Waals surface area contributed by atoms with Crippen LogP contribution < -0.4 is 14.4 Å². The molecule has 0 radical (unpaired) electrons. The van der Waals surface area contributed by atoms with Crippen molar-refractivity contribution in [3.63, 3.8) is 0 Å². The van der Waals surface area contributed by atoms with Gasteiger partial charge in [0.1, 0.15) is 11.8 Å². The maximum absolute atomic E-state index is 13.3. The molecule has 0 fully saturated rings. The molecule has 1 N–H and O–H groups in total. The Hall–Kier alpha value is -2.49. The average molecular weight is 573 g/mol. The van der Waals surface area contributed by atoms with E-state index in [0.29, 0.717) is 16.5 Å². The maximum Gasteiger partial charge on any atom is 0.242 e. The number of nitrogens with one attached hydrogen (secondary N) is 1. The summed E-state index contributed by atoms with van der Waals surface area (Å²) in [6, 6.07) is 11.0. The van der Waals surface area contributed by atoms with Crippen LogP contribution in [0.4, 0.5) is 5.69 Å². The molecule has 2 aromatic carbocycles. The topological polar surface area (TPSA) is 96.0 Å². The number of hydrogen-bond donors (Lipinski definition) is 1. The zero-order valence-corrected chi connectivity index (χ0v) is 24.2. The molecule has 2 amide bonds. The Bertz CT molecular complexity index is 1190. The van der Waals surface area contributed by atoms with E-state index >= 15 is 0 Å². The predicted octanol–water partition coefficient (Wildman–Crippen LogP) is 4.88. The number of halogens is 2. The molecule has 0 spiro atoms. The van der Waals surface area contributed by atoms with Crippen LogP contribution in [0.2, 0.25) is 10.0 Å². The summed E-state index contributed by atoms with van der Waals surface area (Å²) in [6.07, 6.45) is 2.13. The number of anilines is 1. The van der Waals surface area contributed by atoms with Gasteiger partial charge in [-0.05, 0) is 62.6 Å². The highest BCUT2D eigenvalue weighted by molar-refractivity contribution is 7.92. The maximum atomic E-state index is 13.3. The number of benzene rings is 2. The van der Waals surface area contributed by atoms with E-state index < -0.39 is 16.1 Å². The zero-order valence-electron chi connectivity index (χ0n) is 21.8. The summed E-state index contributed by atoms with van der Waals surface area (Å²) in [7, 11) is -2.17. The van der Waals surface area contributed by atoms with Crippen molar-refractivity contribution in [2.24, 2.45) is 0 Å². The van der Waals surface area contributed by atoms with Crippen LogP contribution in [0, 0.1) is 0 Å². The normalized spacial score (nSPS) is 12.9. The minimum absolute atomic E-state index is 0.0299. The first-order valence-electron chi connectivity index (χ1n) is 12.0. The van der Waals surface area contributed by atoms with Crippen molar-refractivity contribution >= 4 is 50.7 Å². The van der Waals surface area contributed by atoms with E-state index in [2.05, 4.69) is 5.32 Å². The van der Waals surface area contributed by atoms with Crippen molar-refractivity contribution in [1.29, 1.82) is 0 Å². The van der Waals surface area contributed by atoms with E-state index in [-0.39, 0.29) is 48.8 Å². The molecule has 2 rings (SSSR count). The first-order valence-corrected chi connectivity index (χ1v) is 14.6. The molecule has 0 saturated carbocycles. The third kappa shape index (κ3) is 9.09. The van der Waals surface area contributed by atoms with Gasteiger partial charge in [0.25, 0.3) is 0 Å². The number of amides is 2. The second kappa shape index (κ2) is 13.9. The Morgan fingerprint density at radius 1 is 1.11 bits per heavy atom. The zero-order chi connectivity index (χ0) is 27.8. The standard InChI is InChI=1S/C26H35Cl2N3O5S/c1-6-18(2)29-26(33)19(3)30(17-20-9-7-10-21(27)15-20)25(32)11-8-14-31(37(5,34)35)22-12-13-24(36-4)23(28)16-22/h7,9-10,12-13,15-16,18-19H,6,8,11,14,17H2,1-5H3,(H,29,33)/t18-,19+/m1/s1. The molecule has 0 bridgehead atoms. The van der Waals surface area contributed by atoms with E-state index in [1.54, 1.807) is 37.3 Å². The molecule has 204 valence electrons. The highest BCUT2D eigenvalue weighted by atomic mass is 35.5. The summed E-state index contributed by atoms with van der Waals surface area (Å²) in [5.74, 6) is -0.0984. The Balaban J connectivity index is 2.20. The SMILES string of the molecule is CC[C@@H](C)NC(=O)[C@H](C)N(Cc1cccc(Cl)c1)C(=O)CCCN(c1ccc(OC)c(Cl)c1)S(C)(=O)=O. The van der Waals surface area contributed by atoms with Gasteiger partial charge in [0.15, 0.2) is 0 Å². The van der Waals surface area contributed by atoms with Crippen molar-refractivity contribution in [3.05, 3.63) is 58.1 Å². The highest BCUT2D eigenvalue weighted by Gasteiger charge is 2.27. The van der Waals surface area contributed by atoms with E-state index in [1.165, 1.54) is 22.4 Å². The van der Waals surface area contributed by atoms with Gasteiger partial charge in [-0.3, -0.25) is 13.9 Å². The minimum atomic E-state index is -3.64. The van der Waals surface area contributed by atoms with Gasteiger partial charge >= 0.3 is 0 Å². The van der Waals surface area contributed by atoms with Crippen LogP contribution in [0.3, 0.4) is 0 Å². The fraction of sp³-hybridized carbons (Fsp3) is 0.462. The van der Waals surface area contributed by atoms with Crippen LogP contribution in [-0.4, -0.2) is 57.1 Å². The summed E-state index contributed by atoms with van der Waals surface area (Å²) in [5.41, 5.74) is 1.16. The van der Waals surface area contributed by atoms with E-state index in [1.807, 2.05) is 19.9 Å². The lowest BCUT2D eigenvalue weighted by atomic mass is 10.1. The van der Waals surface area contributed by atoms with Crippen LogP contribution in [0.25, 0.3) is 0 Å². The van der Waals surface area contributed by atoms with Gasteiger partial charge in [0, 0.05) is 30.6 Å². The molecular weight excluding hydrogens is 537 g/mol. The Morgan fingerprint density at radius 2 is 1.81 bits per heavy atom. The molecule has 0 aliphatic rings. The monoisotopic (exact) mass is 571 g/mol. The van der Waals surface area contributed by atoms with Gasteiger partial charge in [-0.25, -0.2) is 8.42 Å². The van der Waals surface area contributed by atoms with Crippen molar-refractivity contribution in [2.45, 2.75) is 58.7 Å². The van der Waals surface area contributed by atoms with Crippen LogP contribution in [0.1, 0.15) is 45.6 Å². The summed E-state index contributed by atoms with van der Waals surface area (Å²) < 4.78 is 31.3. The number of rotatable bonds is 13. The fourth-order valence-electron chi connectivity index (χ4n) is 3.69. The summed E-state index contributed by atoms with van der Waals surface area (Å²) in [5, 5.41) is 3.73. The summed E-state index contributed by atoms with van der Waals surface area (Å²) in [6.45, 7) is 5.80. The molecule has 2 atom stereocenters. The van der Waals surface area contributed by atoms with E-state index in [4.69, 9.17) is 27.9 Å². The second-order valence-electron chi connectivity index (χ2n) is 8.90. The second-order valence-corrected chi connectivity index (χ2v) is 11.7. The number of hydrogen-bond acceptors (Lipinski definition) is 5. The quantitative estimate of drug-likeness (QED) is 0.369. The third-order valence-corrected chi connectivity index (χ3v) is 7.71. The number of carbonyl (C=O) groups is 2. The molecule has 0 heterocycles. The minimum Gasteiger partial charge on any atom is -0.495 e. The van der Waals surface area contributed by atoms with Gasteiger partial charge in [-0.1, -0.05) is 42.3 Å². The van der Waals surface area contributed by atoms with Crippen LogP contribution in [0.5, 0.6) is 5.75 Å². The Labute approximate surface area is 229 Å². The van der Waals surface area contributed by atoms with E-state index in [0.717, 1.165) is 18.2 Å². The van der Waals surface area contributed by atoms with Crippen molar-refractivity contribution in [1.82, 2.24) is 10.2 Å². The molecule has 2 aromatic rings. The molecule has 0 aliphatic heterocycles. The number of nitrogens with zero attached hydrogens (tertiary/aromatic N) is 2. The first-order chi connectivity index (χ1) is 17.4. The molecule has 11 heteroatoms. The van der Waals surface area contributed by atoms with Crippen molar-refractivity contribution < 1.29 is 22.7 Å². The van der Waals surface area contributed by atoms with Crippen molar-refractivity contribution in [2.75, 3.05) is 24.2 Å². The van der Waals surface area contributed by atoms with Gasteiger partial charge in [0.05, 0.1) is 24.1 Å². The lowest BCUT2D eigenvalue weighted by Gasteiger charge is -2.30. The number of methoxy groups -OCH3 is 1. The number of sulfonamides is 1. The fourth-order valence-corrected chi connectivity index (χ4v) is 5.12.